The molecule has 2 atom stereocenters. The Morgan fingerprint density at radius 3 is 2.14 bits per heavy atom. The number of carbonyl (C=O) groups excluding carboxylic acids is 1. The third-order valence-electron chi connectivity index (χ3n) is 5.59. The molecule has 2 heterocycles. The Labute approximate surface area is 136 Å². The van der Waals surface area contributed by atoms with Gasteiger partial charge in [0.25, 0.3) is 0 Å². The fourth-order valence-electron chi connectivity index (χ4n) is 3.45. The molecule has 2 aliphatic heterocycles. The van der Waals surface area contributed by atoms with Crippen molar-refractivity contribution in [3.05, 3.63) is 0 Å². The molecule has 0 aliphatic carbocycles. The van der Waals surface area contributed by atoms with Gasteiger partial charge in [-0.15, -0.1) is 0 Å². The first kappa shape index (κ1) is 18.0. The minimum Gasteiger partial charge on any atom is -0.466 e. The summed E-state index contributed by atoms with van der Waals surface area (Å²) in [6.07, 6.45) is 4.19. The van der Waals surface area contributed by atoms with E-state index < -0.39 is 8.32 Å². The molecule has 0 radical (unpaired) electrons. The summed E-state index contributed by atoms with van der Waals surface area (Å²) in [5.41, 5.74) is 0. The van der Waals surface area contributed by atoms with Crippen LogP contribution in [0.3, 0.4) is 0 Å². The number of rotatable bonds is 4. The fourth-order valence-corrected chi connectivity index (χ4v) is 4.83. The van der Waals surface area contributed by atoms with Crippen LogP contribution >= 0.6 is 0 Å². The van der Waals surface area contributed by atoms with Crippen molar-refractivity contribution in [2.75, 3.05) is 6.61 Å². The van der Waals surface area contributed by atoms with Crippen LogP contribution in [0.15, 0.2) is 0 Å². The molecule has 0 aromatic rings. The monoisotopic (exact) mass is 327 g/mol. The maximum atomic E-state index is 12.0. The van der Waals surface area contributed by atoms with Crippen molar-refractivity contribution in [1.82, 2.24) is 5.32 Å². The minimum atomic E-state index is -1.71. The average Bonchev–Trinajstić information content (AvgIpc) is 2.35. The zero-order chi connectivity index (χ0) is 16.5. The van der Waals surface area contributed by atoms with Crippen LogP contribution in [-0.2, 0) is 14.0 Å². The summed E-state index contributed by atoms with van der Waals surface area (Å²) < 4.78 is 11.8. The molecule has 0 aromatic heterocycles. The number of esters is 1. The average molecular weight is 328 g/mol. The smallest absolute Gasteiger partial charge is 0.309 e. The molecule has 2 saturated heterocycles. The summed E-state index contributed by atoms with van der Waals surface area (Å²) >= 11 is 0. The van der Waals surface area contributed by atoms with Gasteiger partial charge < -0.3 is 14.5 Å². The van der Waals surface area contributed by atoms with Crippen molar-refractivity contribution in [2.24, 2.45) is 5.92 Å². The number of carbonyl (C=O) groups is 1. The van der Waals surface area contributed by atoms with Crippen LogP contribution in [-0.4, -0.2) is 39.1 Å². The van der Waals surface area contributed by atoms with Gasteiger partial charge in [-0.25, -0.2) is 0 Å². The Hall–Kier alpha value is -0.393. The largest absolute Gasteiger partial charge is 0.466 e. The van der Waals surface area contributed by atoms with Crippen LogP contribution in [0.4, 0.5) is 0 Å². The molecule has 0 aromatic carbocycles. The van der Waals surface area contributed by atoms with Crippen LogP contribution in [0.5, 0.6) is 0 Å². The quantitative estimate of drug-likeness (QED) is 0.634. The highest BCUT2D eigenvalue weighted by molar-refractivity contribution is 6.74. The summed E-state index contributed by atoms with van der Waals surface area (Å²) in [5.74, 6) is 0.0628. The molecule has 128 valence electrons. The molecule has 2 fully saturated rings. The summed E-state index contributed by atoms with van der Waals surface area (Å²) in [4.78, 5) is 12.0. The lowest BCUT2D eigenvalue weighted by Crippen LogP contribution is -2.56. The SMILES string of the molecule is CCOC(=O)C1CC2CC(O[Si](C)(C)C(C)(C)C)CC(C1)N2. The second-order valence-electron chi connectivity index (χ2n) is 8.45. The van der Waals surface area contributed by atoms with Crippen LogP contribution in [0.1, 0.15) is 53.4 Å². The molecule has 0 spiro atoms. The molecule has 1 N–H and O–H groups in total. The lowest BCUT2D eigenvalue weighted by atomic mass is 9.79. The number of hydrogen-bond donors (Lipinski definition) is 1. The lowest BCUT2D eigenvalue weighted by molar-refractivity contribution is -0.150. The van der Waals surface area contributed by atoms with Crippen LogP contribution in [0, 0.1) is 5.92 Å². The zero-order valence-electron chi connectivity index (χ0n) is 15.1. The van der Waals surface area contributed by atoms with Crippen LogP contribution in [0.2, 0.25) is 18.1 Å². The van der Waals surface area contributed by atoms with E-state index in [1.807, 2.05) is 6.92 Å². The first-order chi connectivity index (χ1) is 10.1. The predicted octanol–water partition coefficient (Wildman–Crippen LogP) is 3.47. The lowest BCUT2D eigenvalue weighted by Gasteiger charge is -2.46. The molecular formula is C17H33NO3Si. The van der Waals surface area contributed by atoms with E-state index >= 15 is 0 Å². The van der Waals surface area contributed by atoms with E-state index in [0.717, 1.165) is 25.7 Å². The topological polar surface area (TPSA) is 47.6 Å². The summed E-state index contributed by atoms with van der Waals surface area (Å²) in [6.45, 7) is 13.9. The van der Waals surface area contributed by atoms with Crippen molar-refractivity contribution in [1.29, 1.82) is 0 Å². The Kier molecular flexibility index (Phi) is 5.40. The Morgan fingerprint density at radius 2 is 1.68 bits per heavy atom. The van der Waals surface area contributed by atoms with Gasteiger partial charge in [0, 0.05) is 18.2 Å². The predicted molar refractivity (Wildman–Crippen MR) is 91.4 cm³/mol. The first-order valence-corrected chi connectivity index (χ1v) is 11.6. The Balaban J connectivity index is 1.94. The van der Waals surface area contributed by atoms with E-state index in [4.69, 9.17) is 9.16 Å². The van der Waals surface area contributed by atoms with E-state index in [1.165, 1.54) is 0 Å². The van der Waals surface area contributed by atoms with E-state index in [-0.39, 0.29) is 16.9 Å². The Bertz CT molecular complexity index is 391. The molecule has 0 amide bonds. The van der Waals surface area contributed by atoms with Crippen molar-refractivity contribution in [3.8, 4) is 0 Å². The molecule has 2 rings (SSSR count). The Morgan fingerprint density at radius 1 is 1.14 bits per heavy atom. The second kappa shape index (κ2) is 6.61. The summed E-state index contributed by atoms with van der Waals surface area (Å²) in [5, 5.41) is 3.91. The number of nitrogens with one attached hydrogen (secondary N) is 1. The summed E-state index contributed by atoms with van der Waals surface area (Å²) in [6, 6.07) is 0.799. The van der Waals surface area contributed by atoms with E-state index in [9.17, 15) is 4.79 Å². The summed E-state index contributed by atoms with van der Waals surface area (Å²) in [7, 11) is -1.71. The third kappa shape index (κ3) is 4.12. The van der Waals surface area contributed by atoms with Gasteiger partial charge in [-0.2, -0.15) is 0 Å². The van der Waals surface area contributed by atoms with E-state index in [2.05, 4.69) is 39.2 Å². The van der Waals surface area contributed by atoms with Crippen LogP contribution in [0.25, 0.3) is 0 Å². The van der Waals surface area contributed by atoms with Gasteiger partial charge in [-0.3, -0.25) is 4.79 Å². The molecular weight excluding hydrogens is 294 g/mol. The van der Waals surface area contributed by atoms with E-state index in [0.29, 0.717) is 24.8 Å². The second-order valence-corrected chi connectivity index (χ2v) is 13.2. The van der Waals surface area contributed by atoms with Crippen molar-refractivity contribution < 1.29 is 14.0 Å². The van der Waals surface area contributed by atoms with Gasteiger partial charge in [0.15, 0.2) is 8.32 Å². The molecule has 5 heteroatoms. The zero-order valence-corrected chi connectivity index (χ0v) is 16.1. The van der Waals surface area contributed by atoms with E-state index in [1.54, 1.807) is 0 Å². The van der Waals surface area contributed by atoms with Gasteiger partial charge in [0.05, 0.1) is 12.5 Å². The van der Waals surface area contributed by atoms with Crippen LogP contribution < -0.4 is 5.32 Å². The van der Waals surface area contributed by atoms with Gasteiger partial charge in [0.1, 0.15) is 0 Å². The standard InChI is InChI=1S/C17H33NO3Si/c1-7-20-16(19)12-8-13-10-15(11-14(9-12)18-13)21-22(5,6)17(2,3)4/h12-15,18H,7-11H2,1-6H3. The van der Waals surface area contributed by atoms with Gasteiger partial charge >= 0.3 is 5.97 Å². The number of hydrogen-bond acceptors (Lipinski definition) is 4. The number of fused-ring (bicyclic) bond motifs is 2. The molecule has 2 unspecified atom stereocenters. The number of piperidine rings is 2. The molecule has 2 aliphatic rings. The maximum Gasteiger partial charge on any atom is 0.309 e. The maximum absolute atomic E-state index is 12.0. The third-order valence-corrected chi connectivity index (χ3v) is 10.1. The minimum absolute atomic E-state index is 0.0113. The normalized spacial score (nSPS) is 32.6. The fraction of sp³-hybridized carbons (Fsp3) is 0.941. The highest BCUT2D eigenvalue weighted by Crippen LogP contribution is 2.40. The first-order valence-electron chi connectivity index (χ1n) is 8.73. The van der Waals surface area contributed by atoms with Gasteiger partial charge in [-0.05, 0) is 50.7 Å². The molecule has 22 heavy (non-hydrogen) atoms. The highest BCUT2D eigenvalue weighted by atomic mass is 28.4. The number of ether oxygens (including phenoxy) is 1. The molecule has 0 saturated carbocycles. The highest BCUT2D eigenvalue weighted by Gasteiger charge is 2.44. The van der Waals surface area contributed by atoms with Crippen molar-refractivity contribution in [3.63, 3.8) is 0 Å². The van der Waals surface area contributed by atoms with Gasteiger partial charge in [-0.1, -0.05) is 20.8 Å². The molecule has 2 bridgehead atoms. The van der Waals surface area contributed by atoms with Gasteiger partial charge in [0.2, 0.25) is 0 Å². The van der Waals surface area contributed by atoms with Crippen molar-refractivity contribution >= 4 is 14.3 Å². The molecule has 4 nitrogen and oxygen atoms in total. The van der Waals surface area contributed by atoms with Crippen molar-refractivity contribution in [2.45, 2.75) is 89.7 Å².